The maximum absolute atomic E-state index is 13.3. The Morgan fingerprint density at radius 3 is 2.11 bits per heavy atom. The summed E-state index contributed by atoms with van der Waals surface area (Å²) < 4.78 is -0.687. The minimum absolute atomic E-state index is 0.0555. The van der Waals surface area contributed by atoms with E-state index in [1.165, 1.54) is 51.4 Å². The summed E-state index contributed by atoms with van der Waals surface area (Å²) in [5, 5.41) is 14.3. The van der Waals surface area contributed by atoms with E-state index >= 15 is 0 Å². The van der Waals surface area contributed by atoms with Crippen molar-refractivity contribution in [2.45, 2.75) is 87.8 Å². The van der Waals surface area contributed by atoms with E-state index < -0.39 is 22.1 Å². The molecule has 0 fully saturated rings. The molecule has 0 radical (unpaired) electrons. The quantitative estimate of drug-likeness (QED) is 0.143. The second-order valence-electron chi connectivity index (χ2n) is 9.20. The SMILES string of the molecule is CCCCCCCCCCCCNC(=O)C(c1ccccc1)C1(Br)C=CC(NC(=O)C(=O)O)=CC1. The first kappa shape index (κ1) is 28.8. The third-order valence-corrected chi connectivity index (χ3v) is 7.38. The molecule has 0 aromatic heterocycles. The Balaban J connectivity index is 1.86. The fraction of sp³-hybridized carbons (Fsp3) is 0.536. The lowest BCUT2D eigenvalue weighted by molar-refractivity contribution is -0.149. The van der Waals surface area contributed by atoms with Crippen molar-refractivity contribution in [3.8, 4) is 0 Å². The van der Waals surface area contributed by atoms with Crippen LogP contribution in [-0.2, 0) is 14.4 Å². The Labute approximate surface area is 217 Å². The molecule has 1 aliphatic carbocycles. The number of benzene rings is 1. The van der Waals surface area contributed by atoms with Crippen LogP contribution in [0, 0.1) is 0 Å². The molecule has 2 amide bonds. The summed E-state index contributed by atoms with van der Waals surface area (Å²) in [6, 6.07) is 9.61. The number of rotatable bonds is 15. The number of carbonyl (C=O) groups excluding carboxylic acids is 2. The topological polar surface area (TPSA) is 95.5 Å². The first-order valence-corrected chi connectivity index (χ1v) is 13.6. The van der Waals surface area contributed by atoms with Gasteiger partial charge in [-0.15, -0.1) is 0 Å². The van der Waals surface area contributed by atoms with Crippen molar-refractivity contribution in [3.05, 3.63) is 59.8 Å². The van der Waals surface area contributed by atoms with Gasteiger partial charge in [0.1, 0.15) is 0 Å². The van der Waals surface area contributed by atoms with Crippen molar-refractivity contribution in [2.75, 3.05) is 6.54 Å². The Bertz CT molecular complexity index is 884. The lowest BCUT2D eigenvalue weighted by Gasteiger charge is -2.34. The number of unbranched alkanes of at least 4 members (excludes halogenated alkanes) is 9. The van der Waals surface area contributed by atoms with Crippen LogP contribution >= 0.6 is 15.9 Å². The molecule has 1 aromatic carbocycles. The molecule has 0 saturated carbocycles. The number of carboxylic acids is 1. The first-order valence-electron chi connectivity index (χ1n) is 12.8. The first-order chi connectivity index (χ1) is 16.9. The van der Waals surface area contributed by atoms with Gasteiger partial charge in [0.15, 0.2) is 0 Å². The summed E-state index contributed by atoms with van der Waals surface area (Å²) in [4.78, 5) is 35.6. The maximum atomic E-state index is 13.3. The van der Waals surface area contributed by atoms with Crippen molar-refractivity contribution >= 4 is 33.7 Å². The van der Waals surface area contributed by atoms with Gasteiger partial charge in [-0.1, -0.05) is 123 Å². The molecular formula is C28H39BrN2O4. The molecule has 3 N–H and O–H groups in total. The van der Waals surface area contributed by atoms with Crippen LogP contribution in [0.2, 0.25) is 0 Å². The predicted molar refractivity (Wildman–Crippen MR) is 143 cm³/mol. The highest BCUT2D eigenvalue weighted by Gasteiger charge is 2.40. The average molecular weight is 548 g/mol. The molecule has 6 nitrogen and oxygen atoms in total. The van der Waals surface area contributed by atoms with Gasteiger partial charge in [-0.05, 0) is 24.5 Å². The molecule has 2 rings (SSSR count). The Morgan fingerprint density at radius 2 is 1.57 bits per heavy atom. The number of amides is 2. The second kappa shape index (κ2) is 15.6. The van der Waals surface area contributed by atoms with E-state index in [9.17, 15) is 14.4 Å². The molecule has 0 saturated heterocycles. The summed E-state index contributed by atoms with van der Waals surface area (Å²) >= 11 is 3.77. The molecule has 2 unspecified atom stereocenters. The van der Waals surface area contributed by atoms with Gasteiger partial charge in [-0.3, -0.25) is 9.59 Å². The molecule has 2 atom stereocenters. The van der Waals surface area contributed by atoms with Crippen LogP contribution in [0.4, 0.5) is 0 Å². The highest BCUT2D eigenvalue weighted by atomic mass is 79.9. The number of hydrogen-bond donors (Lipinski definition) is 3. The van der Waals surface area contributed by atoms with Gasteiger partial charge in [-0.2, -0.15) is 0 Å². The lowest BCUT2D eigenvalue weighted by Crippen LogP contribution is -2.41. The van der Waals surface area contributed by atoms with Gasteiger partial charge in [0.25, 0.3) is 0 Å². The van der Waals surface area contributed by atoms with Crippen molar-refractivity contribution < 1.29 is 19.5 Å². The number of nitrogens with one attached hydrogen (secondary N) is 2. The third-order valence-electron chi connectivity index (χ3n) is 6.33. The third kappa shape index (κ3) is 10.0. The van der Waals surface area contributed by atoms with E-state index in [1.807, 2.05) is 36.4 Å². The summed E-state index contributed by atoms with van der Waals surface area (Å²) in [5.74, 6) is -3.16. The maximum Gasteiger partial charge on any atom is 0.394 e. The van der Waals surface area contributed by atoms with Gasteiger partial charge in [0.05, 0.1) is 10.2 Å². The van der Waals surface area contributed by atoms with Gasteiger partial charge in [-0.25, -0.2) is 4.79 Å². The highest BCUT2D eigenvalue weighted by Crippen LogP contribution is 2.42. The second-order valence-corrected chi connectivity index (χ2v) is 10.7. The summed E-state index contributed by atoms with van der Waals surface area (Å²) in [6.07, 6.45) is 18.1. The molecule has 192 valence electrons. The molecule has 1 aliphatic rings. The van der Waals surface area contributed by atoms with Crippen molar-refractivity contribution in [3.63, 3.8) is 0 Å². The zero-order chi connectivity index (χ0) is 25.5. The molecule has 0 heterocycles. The normalized spacial score (nSPS) is 17.9. The smallest absolute Gasteiger partial charge is 0.394 e. The minimum atomic E-state index is -1.54. The van der Waals surface area contributed by atoms with Gasteiger partial charge >= 0.3 is 11.9 Å². The fourth-order valence-electron chi connectivity index (χ4n) is 4.34. The predicted octanol–water partition coefficient (Wildman–Crippen LogP) is 5.99. The number of carbonyl (C=O) groups is 3. The monoisotopic (exact) mass is 546 g/mol. The van der Waals surface area contributed by atoms with E-state index in [2.05, 4.69) is 33.5 Å². The highest BCUT2D eigenvalue weighted by molar-refractivity contribution is 9.10. The van der Waals surface area contributed by atoms with Crippen molar-refractivity contribution in [1.29, 1.82) is 0 Å². The van der Waals surface area contributed by atoms with Crippen LogP contribution in [0.3, 0.4) is 0 Å². The summed E-state index contributed by atoms with van der Waals surface area (Å²) in [7, 11) is 0. The molecule has 0 spiro atoms. The van der Waals surface area contributed by atoms with Gasteiger partial charge in [0, 0.05) is 12.2 Å². The zero-order valence-corrected chi connectivity index (χ0v) is 22.3. The van der Waals surface area contributed by atoms with Crippen LogP contribution in [0.1, 0.15) is 89.0 Å². The number of alkyl halides is 1. The number of hydrogen-bond acceptors (Lipinski definition) is 3. The van der Waals surface area contributed by atoms with Crippen LogP contribution in [0.15, 0.2) is 54.3 Å². The number of halogens is 1. The van der Waals surface area contributed by atoms with Crippen molar-refractivity contribution in [2.24, 2.45) is 0 Å². The van der Waals surface area contributed by atoms with Crippen LogP contribution in [0.25, 0.3) is 0 Å². The van der Waals surface area contributed by atoms with E-state index in [0.29, 0.717) is 18.7 Å². The summed E-state index contributed by atoms with van der Waals surface area (Å²) in [6.45, 7) is 2.88. The minimum Gasteiger partial charge on any atom is -0.474 e. The summed E-state index contributed by atoms with van der Waals surface area (Å²) in [5.41, 5.74) is 1.30. The van der Waals surface area contributed by atoms with Crippen molar-refractivity contribution in [1.82, 2.24) is 10.6 Å². The average Bonchev–Trinajstić information content (AvgIpc) is 2.84. The Morgan fingerprint density at radius 1 is 0.971 bits per heavy atom. The standard InChI is InChI=1S/C28H39BrN2O4/c1-2-3-4-5-6-7-8-9-10-14-21-30-25(32)24(22-15-12-11-13-16-22)28(29)19-17-23(18-20-28)31-26(33)27(34)35/h11-13,15-19,24H,2-10,14,20-21H2,1H3,(H,30,32)(H,31,33)(H,34,35). The Kier molecular flexibility index (Phi) is 12.8. The van der Waals surface area contributed by atoms with Gasteiger partial charge in [0.2, 0.25) is 5.91 Å². The van der Waals surface area contributed by atoms with Crippen LogP contribution < -0.4 is 10.6 Å². The van der Waals surface area contributed by atoms with E-state index in [0.717, 1.165) is 18.4 Å². The molecule has 1 aromatic rings. The molecular weight excluding hydrogens is 508 g/mol. The Hall–Kier alpha value is -2.41. The van der Waals surface area contributed by atoms with E-state index in [1.54, 1.807) is 12.2 Å². The molecule has 0 aliphatic heterocycles. The number of allylic oxidation sites excluding steroid dienone is 3. The fourth-order valence-corrected chi connectivity index (χ4v) is 5.11. The van der Waals surface area contributed by atoms with E-state index in [-0.39, 0.29) is 5.91 Å². The van der Waals surface area contributed by atoms with E-state index in [4.69, 9.17) is 5.11 Å². The lowest BCUT2D eigenvalue weighted by atomic mass is 9.80. The number of aliphatic carboxylic acids is 1. The van der Waals surface area contributed by atoms with Crippen LogP contribution in [0.5, 0.6) is 0 Å². The molecule has 35 heavy (non-hydrogen) atoms. The van der Waals surface area contributed by atoms with Gasteiger partial charge < -0.3 is 15.7 Å². The number of carboxylic acid groups (broad SMARTS) is 1. The molecule has 7 heteroatoms. The largest absolute Gasteiger partial charge is 0.474 e. The van der Waals surface area contributed by atoms with Crippen LogP contribution in [-0.4, -0.2) is 33.8 Å². The zero-order valence-electron chi connectivity index (χ0n) is 20.7. The molecule has 0 bridgehead atoms.